The Morgan fingerprint density at radius 3 is 2.79 bits per heavy atom. The van der Waals surface area contributed by atoms with E-state index in [4.69, 9.17) is 9.84 Å². The van der Waals surface area contributed by atoms with Crippen molar-refractivity contribution in [1.29, 1.82) is 0 Å². The molecule has 78 valence electrons. The van der Waals surface area contributed by atoms with Crippen LogP contribution in [0.4, 0.5) is 0 Å². The Kier molecular flexibility index (Phi) is 4.84. The van der Waals surface area contributed by atoms with Gasteiger partial charge >= 0.3 is 0 Å². The predicted octanol–water partition coefficient (Wildman–Crippen LogP) is 2.56. The second-order valence-electron chi connectivity index (χ2n) is 3.14. The molecular weight excluding hydrogens is 196 g/mol. The van der Waals surface area contributed by atoms with E-state index in [9.17, 15) is 0 Å². The Morgan fingerprint density at radius 2 is 2.14 bits per heavy atom. The van der Waals surface area contributed by atoms with Crippen LogP contribution in [0.15, 0.2) is 29.2 Å². The van der Waals surface area contributed by atoms with Gasteiger partial charge in [-0.05, 0) is 25.3 Å². The first-order chi connectivity index (χ1) is 6.74. The minimum atomic E-state index is -0.295. The summed E-state index contributed by atoms with van der Waals surface area (Å²) in [5, 5.41) is 9.07. The van der Waals surface area contributed by atoms with Crippen molar-refractivity contribution in [3.63, 3.8) is 0 Å². The zero-order valence-electron chi connectivity index (χ0n) is 8.56. The molecule has 0 aliphatic rings. The van der Waals surface area contributed by atoms with Crippen molar-refractivity contribution in [1.82, 2.24) is 0 Å². The summed E-state index contributed by atoms with van der Waals surface area (Å²) in [7, 11) is 0. The van der Waals surface area contributed by atoms with E-state index < -0.39 is 0 Å². The van der Waals surface area contributed by atoms with Gasteiger partial charge in [-0.1, -0.05) is 12.1 Å². The largest absolute Gasteiger partial charge is 0.492 e. The lowest BCUT2D eigenvalue weighted by Crippen LogP contribution is -2.07. The number of ether oxygens (including phenoxy) is 1. The van der Waals surface area contributed by atoms with Crippen LogP contribution in [0.25, 0.3) is 0 Å². The highest BCUT2D eigenvalue weighted by molar-refractivity contribution is 7.98. The van der Waals surface area contributed by atoms with Crippen LogP contribution in [0.5, 0.6) is 5.75 Å². The fourth-order valence-corrected chi connectivity index (χ4v) is 1.62. The number of aliphatic hydroxyl groups excluding tert-OH is 1. The summed E-state index contributed by atoms with van der Waals surface area (Å²) in [6.07, 6.45) is 2.40. The van der Waals surface area contributed by atoms with Crippen LogP contribution in [0.1, 0.15) is 13.3 Å². The Labute approximate surface area is 89.3 Å². The maximum absolute atomic E-state index is 9.07. The zero-order chi connectivity index (χ0) is 10.4. The molecule has 1 aromatic rings. The van der Waals surface area contributed by atoms with Crippen molar-refractivity contribution < 1.29 is 9.84 Å². The van der Waals surface area contributed by atoms with E-state index in [1.165, 1.54) is 0 Å². The minimum absolute atomic E-state index is 0.295. The first-order valence-electron chi connectivity index (χ1n) is 4.68. The fourth-order valence-electron chi connectivity index (χ4n) is 1.08. The number of rotatable bonds is 5. The molecule has 0 aromatic heterocycles. The van der Waals surface area contributed by atoms with Crippen LogP contribution >= 0.6 is 11.8 Å². The van der Waals surface area contributed by atoms with Gasteiger partial charge in [0.15, 0.2) is 0 Å². The molecule has 0 spiro atoms. The van der Waals surface area contributed by atoms with Crippen LogP contribution in [-0.2, 0) is 0 Å². The molecule has 0 aliphatic heterocycles. The van der Waals surface area contributed by atoms with Gasteiger partial charge < -0.3 is 9.84 Å². The van der Waals surface area contributed by atoms with Crippen LogP contribution in [0, 0.1) is 0 Å². The van der Waals surface area contributed by atoms with Crippen LogP contribution in [0.3, 0.4) is 0 Å². The molecule has 0 saturated carbocycles. The van der Waals surface area contributed by atoms with Gasteiger partial charge in [0, 0.05) is 11.3 Å². The summed E-state index contributed by atoms with van der Waals surface area (Å²) >= 11 is 1.67. The molecule has 0 bridgehead atoms. The molecule has 1 aromatic carbocycles. The average Bonchev–Trinajstić information content (AvgIpc) is 2.18. The van der Waals surface area contributed by atoms with E-state index in [1.807, 2.05) is 30.5 Å². The van der Waals surface area contributed by atoms with E-state index in [2.05, 4.69) is 0 Å². The molecular formula is C11H16O2S. The average molecular weight is 212 g/mol. The molecule has 0 radical (unpaired) electrons. The third-order valence-electron chi connectivity index (χ3n) is 1.86. The number of aliphatic hydroxyl groups is 1. The van der Waals surface area contributed by atoms with E-state index in [1.54, 1.807) is 18.7 Å². The molecule has 3 heteroatoms. The van der Waals surface area contributed by atoms with Crippen molar-refractivity contribution in [3.05, 3.63) is 24.3 Å². The third kappa shape index (κ3) is 3.60. The maximum Gasteiger partial charge on any atom is 0.132 e. The summed E-state index contributed by atoms with van der Waals surface area (Å²) in [6, 6.07) is 7.93. The van der Waals surface area contributed by atoms with E-state index in [0.29, 0.717) is 13.0 Å². The Hall–Kier alpha value is -0.670. The standard InChI is InChI=1S/C11H16O2S/c1-9(12)7-8-13-10-5-3-4-6-11(10)14-2/h3-6,9,12H,7-8H2,1-2H3. The number of hydrogen-bond acceptors (Lipinski definition) is 3. The summed E-state index contributed by atoms with van der Waals surface area (Å²) in [5.41, 5.74) is 0. The minimum Gasteiger partial charge on any atom is -0.492 e. The smallest absolute Gasteiger partial charge is 0.132 e. The fraction of sp³-hybridized carbons (Fsp3) is 0.455. The molecule has 0 fully saturated rings. The molecule has 14 heavy (non-hydrogen) atoms. The highest BCUT2D eigenvalue weighted by atomic mass is 32.2. The lowest BCUT2D eigenvalue weighted by atomic mass is 10.3. The normalized spacial score (nSPS) is 12.5. The van der Waals surface area contributed by atoms with Crippen molar-refractivity contribution >= 4 is 11.8 Å². The van der Waals surface area contributed by atoms with Gasteiger partial charge in [-0.3, -0.25) is 0 Å². The molecule has 0 aliphatic carbocycles. The molecule has 1 rings (SSSR count). The van der Waals surface area contributed by atoms with Gasteiger partial charge in [-0.2, -0.15) is 0 Å². The van der Waals surface area contributed by atoms with Crippen molar-refractivity contribution in [2.24, 2.45) is 0 Å². The van der Waals surface area contributed by atoms with Gasteiger partial charge in [-0.15, -0.1) is 11.8 Å². The Bertz CT molecular complexity index is 274. The summed E-state index contributed by atoms with van der Waals surface area (Å²) in [4.78, 5) is 1.14. The van der Waals surface area contributed by atoms with Gasteiger partial charge in [0.2, 0.25) is 0 Å². The van der Waals surface area contributed by atoms with Gasteiger partial charge in [0.1, 0.15) is 5.75 Å². The van der Waals surface area contributed by atoms with E-state index in [-0.39, 0.29) is 6.10 Å². The number of para-hydroxylation sites is 1. The monoisotopic (exact) mass is 212 g/mol. The number of thioether (sulfide) groups is 1. The lowest BCUT2D eigenvalue weighted by molar-refractivity contribution is 0.154. The number of hydrogen-bond donors (Lipinski definition) is 1. The second-order valence-corrected chi connectivity index (χ2v) is 3.99. The van der Waals surface area contributed by atoms with Crippen molar-refractivity contribution in [3.8, 4) is 5.75 Å². The Morgan fingerprint density at radius 1 is 1.43 bits per heavy atom. The highest BCUT2D eigenvalue weighted by Crippen LogP contribution is 2.26. The highest BCUT2D eigenvalue weighted by Gasteiger charge is 2.01. The zero-order valence-corrected chi connectivity index (χ0v) is 9.38. The molecule has 0 amide bonds. The first kappa shape index (κ1) is 11.4. The van der Waals surface area contributed by atoms with Crippen LogP contribution in [0.2, 0.25) is 0 Å². The third-order valence-corrected chi connectivity index (χ3v) is 2.64. The molecule has 2 nitrogen and oxygen atoms in total. The molecule has 0 saturated heterocycles. The maximum atomic E-state index is 9.07. The summed E-state index contributed by atoms with van der Waals surface area (Å²) < 4.78 is 5.56. The van der Waals surface area contributed by atoms with Gasteiger partial charge in [0.05, 0.1) is 12.7 Å². The van der Waals surface area contributed by atoms with Crippen LogP contribution < -0.4 is 4.74 Å². The van der Waals surface area contributed by atoms with E-state index >= 15 is 0 Å². The van der Waals surface area contributed by atoms with Gasteiger partial charge in [0.25, 0.3) is 0 Å². The van der Waals surface area contributed by atoms with E-state index in [0.717, 1.165) is 10.6 Å². The summed E-state index contributed by atoms with van der Waals surface area (Å²) in [6.45, 7) is 2.33. The predicted molar refractivity (Wildman–Crippen MR) is 60.0 cm³/mol. The molecule has 1 atom stereocenters. The molecule has 0 heterocycles. The Balaban J connectivity index is 2.49. The van der Waals surface area contributed by atoms with Crippen molar-refractivity contribution in [2.75, 3.05) is 12.9 Å². The molecule has 1 unspecified atom stereocenters. The topological polar surface area (TPSA) is 29.5 Å². The number of benzene rings is 1. The van der Waals surface area contributed by atoms with Crippen LogP contribution in [-0.4, -0.2) is 24.1 Å². The molecule has 1 N–H and O–H groups in total. The van der Waals surface area contributed by atoms with Crippen molar-refractivity contribution in [2.45, 2.75) is 24.3 Å². The first-order valence-corrected chi connectivity index (χ1v) is 5.90. The lowest BCUT2D eigenvalue weighted by Gasteiger charge is -2.10. The SMILES string of the molecule is CSc1ccccc1OCCC(C)O. The second kappa shape index (κ2) is 5.94. The quantitative estimate of drug-likeness (QED) is 0.761. The summed E-state index contributed by atoms with van der Waals surface area (Å²) in [5.74, 6) is 0.903. The van der Waals surface area contributed by atoms with Gasteiger partial charge in [-0.25, -0.2) is 0 Å².